The van der Waals surface area contributed by atoms with E-state index in [1.165, 1.54) is 11.8 Å². The fourth-order valence-corrected chi connectivity index (χ4v) is 2.34. The molecule has 1 aliphatic heterocycles. The number of rotatable bonds is 3. The third kappa shape index (κ3) is 2.70. The van der Waals surface area contributed by atoms with Crippen molar-refractivity contribution in [3.05, 3.63) is 11.2 Å². The van der Waals surface area contributed by atoms with Crippen LogP contribution in [-0.2, 0) is 4.79 Å². The Labute approximate surface area is 108 Å². The zero-order valence-corrected chi connectivity index (χ0v) is 10.8. The molecule has 7 heteroatoms. The van der Waals surface area contributed by atoms with Gasteiger partial charge in [-0.25, -0.2) is 9.97 Å². The van der Waals surface area contributed by atoms with Crippen LogP contribution < -0.4 is 4.90 Å². The predicted molar refractivity (Wildman–Crippen MR) is 66.4 cm³/mol. The minimum Gasteiger partial charge on any atom is -0.396 e. The van der Waals surface area contributed by atoms with E-state index >= 15 is 0 Å². The lowest BCUT2D eigenvalue weighted by atomic mass is 10.1. The largest absolute Gasteiger partial charge is 0.396 e. The number of nitrogens with zero attached hydrogens (tertiary/aromatic N) is 3. The second-order valence-electron chi connectivity index (χ2n) is 3.79. The van der Waals surface area contributed by atoms with E-state index in [0.29, 0.717) is 29.1 Å². The molecule has 2 heterocycles. The third-order valence-corrected chi connectivity index (χ3v) is 3.32. The van der Waals surface area contributed by atoms with Crippen LogP contribution in [0, 0.1) is 5.92 Å². The Bertz CT molecular complexity index is 444. The fraction of sp³-hybridized carbons (Fsp3) is 0.500. The van der Waals surface area contributed by atoms with E-state index in [-0.39, 0.29) is 18.4 Å². The van der Waals surface area contributed by atoms with Crippen molar-refractivity contribution in [1.29, 1.82) is 0 Å². The lowest BCUT2D eigenvalue weighted by Gasteiger charge is -2.15. The van der Waals surface area contributed by atoms with Gasteiger partial charge in [-0.3, -0.25) is 9.69 Å². The van der Waals surface area contributed by atoms with Crippen LogP contribution in [0.1, 0.15) is 6.42 Å². The van der Waals surface area contributed by atoms with Gasteiger partial charge in [0.25, 0.3) is 0 Å². The molecule has 0 aromatic carbocycles. The summed E-state index contributed by atoms with van der Waals surface area (Å²) in [5.41, 5.74) is 0. The standard InChI is InChI=1S/C10H12ClN3O2S/c1-17-10-12-7(11)3-8(13-10)14-4-6(5-15)2-9(14)16/h3,6,15H,2,4-5H2,1H3. The van der Waals surface area contributed by atoms with Gasteiger partial charge in [0.05, 0.1) is 0 Å². The molecule has 1 aliphatic rings. The lowest BCUT2D eigenvalue weighted by molar-refractivity contribution is -0.117. The van der Waals surface area contributed by atoms with Crippen LogP contribution >= 0.6 is 23.4 Å². The van der Waals surface area contributed by atoms with Crippen molar-refractivity contribution in [2.75, 3.05) is 24.3 Å². The molecule has 0 bridgehead atoms. The highest BCUT2D eigenvalue weighted by atomic mass is 35.5. The van der Waals surface area contributed by atoms with E-state index in [4.69, 9.17) is 16.7 Å². The Morgan fingerprint density at radius 1 is 1.65 bits per heavy atom. The van der Waals surface area contributed by atoms with Gasteiger partial charge in [-0.1, -0.05) is 23.4 Å². The molecule has 1 unspecified atom stereocenters. The molecular formula is C10H12ClN3O2S. The van der Waals surface area contributed by atoms with E-state index in [0.717, 1.165) is 0 Å². The van der Waals surface area contributed by atoms with Gasteiger partial charge in [0, 0.05) is 31.6 Å². The highest BCUT2D eigenvalue weighted by molar-refractivity contribution is 7.98. The molecule has 1 aromatic heterocycles. The van der Waals surface area contributed by atoms with E-state index in [2.05, 4.69) is 9.97 Å². The molecule has 1 aromatic rings. The molecule has 1 atom stereocenters. The van der Waals surface area contributed by atoms with Gasteiger partial charge in [-0.05, 0) is 6.26 Å². The minimum absolute atomic E-state index is 0.0104. The van der Waals surface area contributed by atoms with Gasteiger partial charge in [0.1, 0.15) is 11.0 Å². The maximum Gasteiger partial charge on any atom is 0.228 e. The van der Waals surface area contributed by atoms with E-state index in [1.54, 1.807) is 11.0 Å². The first-order chi connectivity index (χ1) is 8.13. The van der Waals surface area contributed by atoms with Crippen molar-refractivity contribution in [1.82, 2.24) is 9.97 Å². The summed E-state index contributed by atoms with van der Waals surface area (Å²) in [6, 6.07) is 1.57. The number of aliphatic hydroxyl groups is 1. The number of hydrogen-bond donors (Lipinski definition) is 1. The smallest absolute Gasteiger partial charge is 0.228 e. The molecule has 1 saturated heterocycles. The van der Waals surface area contributed by atoms with Crippen molar-refractivity contribution in [2.45, 2.75) is 11.6 Å². The molecule has 5 nitrogen and oxygen atoms in total. The monoisotopic (exact) mass is 273 g/mol. The van der Waals surface area contributed by atoms with Gasteiger partial charge in [-0.2, -0.15) is 0 Å². The Hall–Kier alpha value is -0.850. The van der Waals surface area contributed by atoms with Crippen LogP contribution in [0.2, 0.25) is 5.15 Å². The Kier molecular flexibility index (Phi) is 3.86. The van der Waals surface area contributed by atoms with Crippen LogP contribution in [0.4, 0.5) is 5.82 Å². The Morgan fingerprint density at radius 3 is 3.00 bits per heavy atom. The number of aliphatic hydroxyl groups excluding tert-OH is 1. The molecule has 0 radical (unpaired) electrons. The maximum atomic E-state index is 11.8. The van der Waals surface area contributed by atoms with Crippen LogP contribution in [0.15, 0.2) is 11.2 Å². The first-order valence-corrected chi connectivity index (χ1v) is 6.74. The Balaban J connectivity index is 2.28. The molecule has 0 spiro atoms. The molecule has 0 aliphatic carbocycles. The lowest BCUT2D eigenvalue weighted by Crippen LogP contribution is -2.26. The average Bonchev–Trinajstić information content (AvgIpc) is 2.69. The molecule has 0 saturated carbocycles. The van der Waals surface area contributed by atoms with Gasteiger partial charge in [0.15, 0.2) is 5.16 Å². The number of carbonyl (C=O) groups excluding carboxylic acids is 1. The average molecular weight is 274 g/mol. The number of anilines is 1. The molecule has 1 fully saturated rings. The van der Waals surface area contributed by atoms with Crippen LogP contribution in [0.5, 0.6) is 0 Å². The summed E-state index contributed by atoms with van der Waals surface area (Å²) in [7, 11) is 0. The van der Waals surface area contributed by atoms with Crippen LogP contribution in [0.25, 0.3) is 0 Å². The van der Waals surface area contributed by atoms with E-state index < -0.39 is 0 Å². The molecule has 1 amide bonds. The third-order valence-electron chi connectivity index (χ3n) is 2.58. The minimum atomic E-state index is -0.0362. The summed E-state index contributed by atoms with van der Waals surface area (Å²) in [6.07, 6.45) is 2.20. The number of carbonyl (C=O) groups is 1. The molecule has 2 rings (SSSR count). The number of hydrogen-bond acceptors (Lipinski definition) is 5. The molecule has 17 heavy (non-hydrogen) atoms. The Morgan fingerprint density at radius 2 is 2.41 bits per heavy atom. The van der Waals surface area contributed by atoms with Crippen molar-refractivity contribution >= 4 is 35.1 Å². The summed E-state index contributed by atoms with van der Waals surface area (Å²) in [4.78, 5) is 21.6. The summed E-state index contributed by atoms with van der Waals surface area (Å²) < 4.78 is 0. The number of thioether (sulfide) groups is 1. The number of aromatic nitrogens is 2. The topological polar surface area (TPSA) is 66.3 Å². The van der Waals surface area contributed by atoms with E-state index in [1.807, 2.05) is 6.26 Å². The first-order valence-electron chi connectivity index (χ1n) is 5.14. The zero-order valence-electron chi connectivity index (χ0n) is 9.26. The second-order valence-corrected chi connectivity index (χ2v) is 4.95. The fourth-order valence-electron chi connectivity index (χ4n) is 1.74. The zero-order chi connectivity index (χ0) is 12.4. The van der Waals surface area contributed by atoms with Crippen LogP contribution in [-0.4, -0.2) is 40.4 Å². The van der Waals surface area contributed by atoms with Gasteiger partial charge in [-0.15, -0.1) is 0 Å². The molecule has 1 N–H and O–H groups in total. The maximum absolute atomic E-state index is 11.8. The van der Waals surface area contributed by atoms with Gasteiger partial charge >= 0.3 is 0 Å². The summed E-state index contributed by atoms with van der Waals surface area (Å²) in [5, 5.41) is 9.92. The number of amides is 1. The van der Waals surface area contributed by atoms with Gasteiger partial charge in [0.2, 0.25) is 5.91 Å². The van der Waals surface area contributed by atoms with Crippen molar-refractivity contribution in [2.24, 2.45) is 5.92 Å². The number of halogens is 1. The quantitative estimate of drug-likeness (QED) is 0.509. The summed E-state index contributed by atoms with van der Waals surface area (Å²) >= 11 is 7.24. The van der Waals surface area contributed by atoms with Gasteiger partial charge < -0.3 is 5.11 Å². The highest BCUT2D eigenvalue weighted by Crippen LogP contribution is 2.26. The highest BCUT2D eigenvalue weighted by Gasteiger charge is 2.31. The van der Waals surface area contributed by atoms with Crippen LogP contribution in [0.3, 0.4) is 0 Å². The molecule has 92 valence electrons. The summed E-state index contributed by atoms with van der Waals surface area (Å²) in [5.74, 6) is 0.454. The van der Waals surface area contributed by atoms with Crippen molar-refractivity contribution in [3.8, 4) is 0 Å². The first kappa shape index (κ1) is 12.6. The SMILES string of the molecule is CSc1nc(Cl)cc(N2CC(CO)CC2=O)n1. The molecular weight excluding hydrogens is 262 g/mol. The van der Waals surface area contributed by atoms with Crippen molar-refractivity contribution < 1.29 is 9.90 Å². The summed E-state index contributed by atoms with van der Waals surface area (Å²) in [6.45, 7) is 0.493. The van der Waals surface area contributed by atoms with E-state index in [9.17, 15) is 4.79 Å². The van der Waals surface area contributed by atoms with Crippen molar-refractivity contribution in [3.63, 3.8) is 0 Å². The normalized spacial score (nSPS) is 20.1. The second kappa shape index (κ2) is 5.20. The predicted octanol–water partition coefficient (Wildman–Crippen LogP) is 1.20.